The van der Waals surface area contributed by atoms with Gasteiger partial charge in [0.1, 0.15) is 12.4 Å². The molecule has 4 heteroatoms. The van der Waals surface area contributed by atoms with Gasteiger partial charge in [-0.15, -0.1) is 0 Å². The summed E-state index contributed by atoms with van der Waals surface area (Å²) in [7, 11) is 0. The summed E-state index contributed by atoms with van der Waals surface area (Å²) in [5.41, 5.74) is 2.14. The van der Waals surface area contributed by atoms with E-state index >= 15 is 0 Å². The van der Waals surface area contributed by atoms with E-state index in [1.165, 1.54) is 0 Å². The first-order chi connectivity index (χ1) is 10.7. The Kier molecular flexibility index (Phi) is 6.46. The van der Waals surface area contributed by atoms with Gasteiger partial charge in [-0.05, 0) is 35.4 Å². The van der Waals surface area contributed by atoms with Crippen molar-refractivity contribution in [3.63, 3.8) is 0 Å². The molecule has 2 rings (SSSR count). The molecule has 0 amide bonds. The number of nitrogens with one attached hydrogen (secondary N) is 1. The lowest BCUT2D eigenvalue weighted by molar-refractivity contribution is 0.243. The predicted octanol–water partition coefficient (Wildman–Crippen LogP) is 3.73. The van der Waals surface area contributed by atoms with Crippen LogP contribution < -0.4 is 10.1 Å². The first-order valence-corrected chi connectivity index (χ1v) is 7.53. The molecule has 1 atom stereocenters. The quantitative estimate of drug-likeness (QED) is 0.729. The van der Waals surface area contributed by atoms with E-state index in [0.29, 0.717) is 18.2 Å². The van der Waals surface area contributed by atoms with Crippen LogP contribution in [-0.2, 0) is 6.54 Å². The van der Waals surface area contributed by atoms with Crippen molar-refractivity contribution in [3.8, 4) is 5.75 Å². The molecule has 0 aliphatic rings. The van der Waals surface area contributed by atoms with E-state index in [2.05, 4.69) is 11.9 Å². The van der Waals surface area contributed by atoms with Gasteiger partial charge < -0.3 is 15.2 Å². The molecule has 0 aliphatic heterocycles. The molecule has 2 aromatic carbocycles. The highest BCUT2D eigenvalue weighted by molar-refractivity contribution is 6.30. The maximum Gasteiger partial charge on any atom is 0.119 e. The van der Waals surface area contributed by atoms with E-state index in [1.54, 1.807) is 6.08 Å². The zero-order chi connectivity index (χ0) is 15.8. The van der Waals surface area contributed by atoms with Crippen molar-refractivity contribution < 1.29 is 9.84 Å². The van der Waals surface area contributed by atoms with Crippen molar-refractivity contribution in [1.29, 1.82) is 0 Å². The minimum Gasteiger partial charge on any atom is -0.490 e. The highest BCUT2D eigenvalue weighted by Crippen LogP contribution is 2.17. The zero-order valence-electron chi connectivity index (χ0n) is 12.3. The van der Waals surface area contributed by atoms with Gasteiger partial charge in [0.25, 0.3) is 0 Å². The molecule has 0 fully saturated rings. The van der Waals surface area contributed by atoms with E-state index in [9.17, 15) is 5.11 Å². The minimum atomic E-state index is -0.117. The molecule has 0 spiro atoms. The van der Waals surface area contributed by atoms with Crippen molar-refractivity contribution in [3.05, 3.63) is 77.3 Å². The van der Waals surface area contributed by atoms with Gasteiger partial charge in [-0.25, -0.2) is 0 Å². The monoisotopic (exact) mass is 317 g/mol. The minimum absolute atomic E-state index is 0.0299. The Morgan fingerprint density at radius 3 is 2.41 bits per heavy atom. The van der Waals surface area contributed by atoms with Crippen molar-refractivity contribution in [2.75, 3.05) is 13.2 Å². The molecular formula is C18H20ClNO2. The summed E-state index contributed by atoms with van der Waals surface area (Å²) in [6.45, 7) is 4.81. The average molecular weight is 318 g/mol. The Morgan fingerprint density at radius 2 is 1.82 bits per heavy atom. The fourth-order valence-corrected chi connectivity index (χ4v) is 2.21. The standard InChI is InChI=1S/C18H20ClNO2/c1-2-11-22-17-9-3-14(4-10-17)12-20-18(13-21)15-5-7-16(19)8-6-15/h2-10,18,20-21H,1,11-13H2. The Bertz CT molecular complexity index is 581. The molecule has 0 aromatic heterocycles. The third kappa shape index (κ3) is 4.88. The number of aliphatic hydroxyl groups excluding tert-OH is 1. The Balaban J connectivity index is 1.92. The lowest BCUT2D eigenvalue weighted by Crippen LogP contribution is -2.23. The summed E-state index contributed by atoms with van der Waals surface area (Å²) >= 11 is 5.88. The molecule has 2 aromatic rings. The molecule has 0 aliphatic carbocycles. The van der Waals surface area contributed by atoms with Crippen LogP contribution in [0.5, 0.6) is 5.75 Å². The van der Waals surface area contributed by atoms with Crippen LogP contribution in [0, 0.1) is 0 Å². The molecule has 0 saturated heterocycles. The molecule has 0 bridgehead atoms. The fraction of sp³-hybridized carbons (Fsp3) is 0.222. The van der Waals surface area contributed by atoms with E-state index in [1.807, 2.05) is 48.5 Å². The summed E-state index contributed by atoms with van der Waals surface area (Å²) in [5, 5.41) is 13.6. The largest absolute Gasteiger partial charge is 0.490 e. The SMILES string of the molecule is C=CCOc1ccc(CNC(CO)c2ccc(Cl)cc2)cc1. The molecule has 0 radical (unpaired) electrons. The van der Waals surface area contributed by atoms with Crippen LogP contribution in [0.15, 0.2) is 61.2 Å². The average Bonchev–Trinajstić information content (AvgIpc) is 2.56. The van der Waals surface area contributed by atoms with Gasteiger partial charge in [0.15, 0.2) is 0 Å². The molecule has 2 N–H and O–H groups in total. The lowest BCUT2D eigenvalue weighted by atomic mass is 10.1. The third-order valence-corrected chi connectivity index (χ3v) is 3.55. The third-order valence-electron chi connectivity index (χ3n) is 3.30. The number of ether oxygens (including phenoxy) is 1. The first kappa shape index (κ1) is 16.6. The highest BCUT2D eigenvalue weighted by Gasteiger charge is 2.09. The molecule has 0 heterocycles. The van der Waals surface area contributed by atoms with Gasteiger partial charge in [0, 0.05) is 11.6 Å². The van der Waals surface area contributed by atoms with Crippen molar-refractivity contribution >= 4 is 11.6 Å². The van der Waals surface area contributed by atoms with E-state index in [4.69, 9.17) is 16.3 Å². The van der Waals surface area contributed by atoms with Gasteiger partial charge in [0.2, 0.25) is 0 Å². The highest BCUT2D eigenvalue weighted by atomic mass is 35.5. The molecular weight excluding hydrogens is 298 g/mol. The number of aliphatic hydroxyl groups is 1. The fourth-order valence-electron chi connectivity index (χ4n) is 2.08. The van der Waals surface area contributed by atoms with Crippen LogP contribution in [-0.4, -0.2) is 18.3 Å². The van der Waals surface area contributed by atoms with Crippen LogP contribution in [0.4, 0.5) is 0 Å². The number of rotatable bonds is 8. The van der Waals surface area contributed by atoms with Crippen LogP contribution in [0.1, 0.15) is 17.2 Å². The van der Waals surface area contributed by atoms with Gasteiger partial charge in [-0.3, -0.25) is 0 Å². The van der Waals surface area contributed by atoms with Crippen LogP contribution in [0.25, 0.3) is 0 Å². The lowest BCUT2D eigenvalue weighted by Gasteiger charge is -2.17. The number of hydrogen-bond donors (Lipinski definition) is 2. The van der Waals surface area contributed by atoms with Crippen molar-refractivity contribution in [1.82, 2.24) is 5.32 Å². The van der Waals surface area contributed by atoms with E-state index in [0.717, 1.165) is 16.9 Å². The Hall–Kier alpha value is -1.81. The maximum atomic E-state index is 9.54. The van der Waals surface area contributed by atoms with E-state index < -0.39 is 0 Å². The summed E-state index contributed by atoms with van der Waals surface area (Å²) in [5.74, 6) is 0.819. The number of halogens is 1. The Morgan fingerprint density at radius 1 is 1.14 bits per heavy atom. The number of benzene rings is 2. The summed E-state index contributed by atoms with van der Waals surface area (Å²) in [4.78, 5) is 0. The molecule has 116 valence electrons. The normalized spacial score (nSPS) is 11.9. The van der Waals surface area contributed by atoms with Crippen LogP contribution in [0.2, 0.25) is 5.02 Å². The first-order valence-electron chi connectivity index (χ1n) is 7.15. The smallest absolute Gasteiger partial charge is 0.119 e. The second-order valence-corrected chi connectivity index (χ2v) is 5.35. The van der Waals surface area contributed by atoms with Crippen molar-refractivity contribution in [2.24, 2.45) is 0 Å². The predicted molar refractivity (Wildman–Crippen MR) is 90.3 cm³/mol. The van der Waals surface area contributed by atoms with E-state index in [-0.39, 0.29) is 12.6 Å². The summed E-state index contributed by atoms with van der Waals surface area (Å²) < 4.78 is 5.45. The Labute approximate surface area is 136 Å². The number of hydrogen-bond acceptors (Lipinski definition) is 3. The second kappa shape index (κ2) is 8.59. The molecule has 0 saturated carbocycles. The second-order valence-electron chi connectivity index (χ2n) is 4.91. The molecule has 3 nitrogen and oxygen atoms in total. The van der Waals surface area contributed by atoms with Gasteiger partial charge in [0.05, 0.1) is 12.6 Å². The van der Waals surface area contributed by atoms with Crippen LogP contribution >= 0.6 is 11.6 Å². The summed E-state index contributed by atoms with van der Waals surface area (Å²) in [6.07, 6.45) is 1.72. The van der Waals surface area contributed by atoms with Gasteiger partial charge in [-0.1, -0.05) is 48.5 Å². The topological polar surface area (TPSA) is 41.5 Å². The van der Waals surface area contributed by atoms with Gasteiger partial charge >= 0.3 is 0 Å². The zero-order valence-corrected chi connectivity index (χ0v) is 13.1. The molecule has 22 heavy (non-hydrogen) atoms. The van der Waals surface area contributed by atoms with Gasteiger partial charge in [-0.2, -0.15) is 0 Å². The van der Waals surface area contributed by atoms with Crippen LogP contribution in [0.3, 0.4) is 0 Å². The van der Waals surface area contributed by atoms with Crippen molar-refractivity contribution in [2.45, 2.75) is 12.6 Å². The molecule has 1 unspecified atom stereocenters. The maximum absolute atomic E-state index is 9.54. The summed E-state index contributed by atoms with van der Waals surface area (Å²) in [6, 6.07) is 15.2.